The Labute approximate surface area is 119 Å². The zero-order valence-electron chi connectivity index (χ0n) is 11.5. The van der Waals surface area contributed by atoms with Crippen molar-refractivity contribution in [3.8, 4) is 0 Å². The fourth-order valence-corrected chi connectivity index (χ4v) is 4.12. The van der Waals surface area contributed by atoms with E-state index in [0.29, 0.717) is 12.1 Å². The van der Waals surface area contributed by atoms with Crippen molar-refractivity contribution in [2.45, 2.75) is 43.9 Å². The van der Waals surface area contributed by atoms with Gasteiger partial charge in [0.2, 0.25) is 0 Å². The minimum atomic E-state index is 0.204. The first-order valence-corrected chi connectivity index (χ1v) is 8.40. The van der Waals surface area contributed by atoms with Gasteiger partial charge in [0.05, 0.1) is 18.2 Å². The van der Waals surface area contributed by atoms with E-state index in [1.54, 1.807) is 0 Å². The molecule has 2 aliphatic rings. The molecule has 5 heteroatoms. The lowest BCUT2D eigenvalue weighted by Gasteiger charge is -2.34. The van der Waals surface area contributed by atoms with Crippen molar-refractivity contribution in [2.75, 3.05) is 18.1 Å². The molecule has 0 bridgehead atoms. The Morgan fingerprint density at radius 1 is 1.42 bits per heavy atom. The molecular formula is C14H23N3OS. The fraction of sp³-hybridized carbons (Fsp3) is 0.786. The minimum Gasteiger partial charge on any atom is -0.372 e. The molecule has 3 rings (SSSR count). The maximum atomic E-state index is 5.92. The van der Waals surface area contributed by atoms with Gasteiger partial charge in [0, 0.05) is 31.5 Å². The summed E-state index contributed by atoms with van der Waals surface area (Å²) >= 11 is 2.08. The normalized spacial score (nSPS) is 32.4. The van der Waals surface area contributed by atoms with Crippen LogP contribution in [0.3, 0.4) is 0 Å². The maximum Gasteiger partial charge on any atom is 0.100 e. The van der Waals surface area contributed by atoms with Crippen LogP contribution in [-0.2, 0) is 11.8 Å². The third-order valence-electron chi connectivity index (χ3n) is 4.10. The van der Waals surface area contributed by atoms with Crippen molar-refractivity contribution in [3.05, 3.63) is 18.2 Å². The maximum absolute atomic E-state index is 5.92. The number of imidazole rings is 1. The number of thioether (sulfide) groups is 1. The number of aryl methyl sites for hydroxylation is 1. The second kappa shape index (κ2) is 6.29. The summed E-state index contributed by atoms with van der Waals surface area (Å²) in [6, 6.07) is 1.30. The molecule has 2 aliphatic heterocycles. The van der Waals surface area contributed by atoms with E-state index < -0.39 is 0 Å². The molecule has 106 valence electrons. The average molecular weight is 281 g/mol. The van der Waals surface area contributed by atoms with Crippen LogP contribution in [0.1, 0.15) is 37.5 Å². The molecule has 4 nitrogen and oxygen atoms in total. The van der Waals surface area contributed by atoms with Crippen LogP contribution in [-0.4, -0.2) is 39.7 Å². The Hall–Kier alpha value is -0.520. The van der Waals surface area contributed by atoms with E-state index in [-0.39, 0.29) is 6.10 Å². The minimum absolute atomic E-state index is 0.204. The Bertz CT molecular complexity index is 403. The van der Waals surface area contributed by atoms with Crippen LogP contribution in [0.25, 0.3) is 0 Å². The van der Waals surface area contributed by atoms with Crippen molar-refractivity contribution in [3.63, 3.8) is 0 Å². The van der Waals surface area contributed by atoms with Crippen LogP contribution < -0.4 is 5.32 Å². The third-order valence-corrected chi connectivity index (χ3v) is 5.31. The molecule has 3 unspecified atom stereocenters. The Balaban J connectivity index is 1.57. The molecule has 1 aromatic heterocycles. The van der Waals surface area contributed by atoms with Crippen molar-refractivity contribution in [2.24, 2.45) is 7.05 Å². The molecule has 0 radical (unpaired) electrons. The summed E-state index contributed by atoms with van der Waals surface area (Å²) in [6.07, 6.45) is 8.89. The summed E-state index contributed by atoms with van der Waals surface area (Å²) in [4.78, 5) is 4.20. The smallest absolute Gasteiger partial charge is 0.100 e. The molecule has 1 N–H and O–H groups in total. The van der Waals surface area contributed by atoms with E-state index >= 15 is 0 Å². The van der Waals surface area contributed by atoms with Gasteiger partial charge in [0.15, 0.2) is 0 Å². The molecule has 0 amide bonds. The van der Waals surface area contributed by atoms with E-state index in [9.17, 15) is 0 Å². The van der Waals surface area contributed by atoms with E-state index in [1.807, 2.05) is 19.6 Å². The van der Waals surface area contributed by atoms with E-state index in [0.717, 1.165) is 19.4 Å². The summed E-state index contributed by atoms with van der Waals surface area (Å²) in [5.41, 5.74) is 1.20. The molecule has 3 atom stereocenters. The number of nitrogens with zero attached hydrogens (tertiary/aromatic N) is 2. The lowest BCUT2D eigenvalue weighted by atomic mass is 9.99. The van der Waals surface area contributed by atoms with Gasteiger partial charge in [0.25, 0.3) is 0 Å². The summed E-state index contributed by atoms with van der Waals surface area (Å²) in [6.45, 7) is 0.855. The molecule has 19 heavy (non-hydrogen) atoms. The van der Waals surface area contributed by atoms with Gasteiger partial charge in [-0.05, 0) is 31.4 Å². The lowest BCUT2D eigenvalue weighted by molar-refractivity contribution is -0.00541. The number of nitrogens with one attached hydrogen (secondary N) is 1. The van der Waals surface area contributed by atoms with Crippen LogP contribution in [0.5, 0.6) is 0 Å². The molecule has 0 aromatic carbocycles. The average Bonchev–Trinajstić information content (AvgIpc) is 2.86. The molecule has 3 heterocycles. The first kappa shape index (κ1) is 13.5. The first-order chi connectivity index (χ1) is 9.33. The highest BCUT2D eigenvalue weighted by Crippen LogP contribution is 2.28. The number of ether oxygens (including phenoxy) is 1. The van der Waals surface area contributed by atoms with Crippen molar-refractivity contribution >= 4 is 11.8 Å². The molecule has 0 spiro atoms. The molecule has 2 saturated heterocycles. The second-order valence-corrected chi connectivity index (χ2v) is 6.74. The van der Waals surface area contributed by atoms with Gasteiger partial charge in [-0.15, -0.1) is 0 Å². The van der Waals surface area contributed by atoms with Gasteiger partial charge in [-0.1, -0.05) is 0 Å². The number of hydrogen-bond donors (Lipinski definition) is 1. The molecular weight excluding hydrogens is 258 g/mol. The summed E-state index contributed by atoms with van der Waals surface area (Å²) in [5, 5.41) is 3.84. The molecule has 2 fully saturated rings. The highest BCUT2D eigenvalue weighted by atomic mass is 32.2. The monoisotopic (exact) mass is 281 g/mol. The third kappa shape index (κ3) is 3.33. The van der Waals surface area contributed by atoms with Crippen LogP contribution in [0.15, 0.2) is 12.5 Å². The molecule has 1 aromatic rings. The van der Waals surface area contributed by atoms with Crippen molar-refractivity contribution in [1.82, 2.24) is 14.9 Å². The lowest BCUT2D eigenvalue weighted by Crippen LogP contribution is -2.44. The Morgan fingerprint density at radius 2 is 2.37 bits per heavy atom. The van der Waals surface area contributed by atoms with Crippen LogP contribution in [0, 0.1) is 0 Å². The van der Waals surface area contributed by atoms with E-state index in [1.165, 1.54) is 30.0 Å². The van der Waals surface area contributed by atoms with Gasteiger partial charge in [-0.25, -0.2) is 4.98 Å². The molecule has 0 saturated carbocycles. The predicted octanol–water partition coefficient (Wildman–Crippen LogP) is 2.13. The SMILES string of the molecule is Cn1cncc1C1CC(NC2CCCSC2)CCO1. The highest BCUT2D eigenvalue weighted by Gasteiger charge is 2.27. The number of rotatable bonds is 3. The highest BCUT2D eigenvalue weighted by molar-refractivity contribution is 7.99. The van der Waals surface area contributed by atoms with Gasteiger partial charge < -0.3 is 14.6 Å². The van der Waals surface area contributed by atoms with E-state index in [4.69, 9.17) is 4.74 Å². The number of aromatic nitrogens is 2. The standard InChI is InChI=1S/C14H23N3OS/c1-17-10-15-8-13(17)14-7-11(4-5-18-14)16-12-3-2-6-19-9-12/h8,10-12,14,16H,2-7,9H2,1H3. The van der Waals surface area contributed by atoms with Crippen LogP contribution >= 0.6 is 11.8 Å². The van der Waals surface area contributed by atoms with Crippen LogP contribution in [0.2, 0.25) is 0 Å². The van der Waals surface area contributed by atoms with Gasteiger partial charge in [-0.3, -0.25) is 0 Å². The summed E-state index contributed by atoms with van der Waals surface area (Å²) < 4.78 is 7.99. The van der Waals surface area contributed by atoms with E-state index in [2.05, 4.69) is 26.6 Å². The second-order valence-electron chi connectivity index (χ2n) is 5.59. The Kier molecular flexibility index (Phi) is 4.45. The summed E-state index contributed by atoms with van der Waals surface area (Å²) in [5.74, 6) is 2.61. The predicted molar refractivity (Wildman–Crippen MR) is 78.4 cm³/mol. The summed E-state index contributed by atoms with van der Waals surface area (Å²) in [7, 11) is 2.04. The van der Waals surface area contributed by atoms with Crippen LogP contribution in [0.4, 0.5) is 0 Å². The van der Waals surface area contributed by atoms with Gasteiger partial charge in [-0.2, -0.15) is 11.8 Å². The first-order valence-electron chi connectivity index (χ1n) is 7.24. The quantitative estimate of drug-likeness (QED) is 0.921. The zero-order valence-corrected chi connectivity index (χ0v) is 12.4. The van der Waals surface area contributed by atoms with Gasteiger partial charge in [0.1, 0.15) is 6.10 Å². The largest absolute Gasteiger partial charge is 0.372 e. The fourth-order valence-electron chi connectivity index (χ4n) is 3.04. The zero-order chi connectivity index (χ0) is 13.1. The topological polar surface area (TPSA) is 39.1 Å². The molecule has 0 aliphatic carbocycles. The van der Waals surface area contributed by atoms with Crippen molar-refractivity contribution < 1.29 is 4.74 Å². The van der Waals surface area contributed by atoms with Gasteiger partial charge >= 0.3 is 0 Å². The van der Waals surface area contributed by atoms with Crippen molar-refractivity contribution in [1.29, 1.82) is 0 Å². The number of hydrogen-bond acceptors (Lipinski definition) is 4. The Morgan fingerprint density at radius 3 is 3.11 bits per heavy atom.